The summed E-state index contributed by atoms with van der Waals surface area (Å²) in [6.07, 6.45) is 0. The van der Waals surface area contributed by atoms with Crippen LogP contribution in [0.1, 0.15) is 38.1 Å². The number of amides is 1. The van der Waals surface area contributed by atoms with Crippen molar-refractivity contribution in [1.82, 2.24) is 5.32 Å². The lowest BCUT2D eigenvalue weighted by atomic mass is 9.90. The normalized spacial score (nSPS) is 12.9. The van der Waals surface area contributed by atoms with Gasteiger partial charge in [-0.3, -0.25) is 4.79 Å². The van der Waals surface area contributed by atoms with Crippen LogP contribution in [0, 0.1) is 17.2 Å². The number of hydrogen-bond donors (Lipinski definition) is 1. The second-order valence-corrected chi connectivity index (χ2v) is 5.55. The number of ether oxygens (including phenoxy) is 2. The van der Waals surface area contributed by atoms with Gasteiger partial charge in [-0.05, 0) is 44.0 Å². The number of esters is 1. The van der Waals surface area contributed by atoms with Crippen molar-refractivity contribution in [3.63, 3.8) is 0 Å². The number of nitriles is 1. The summed E-state index contributed by atoms with van der Waals surface area (Å²) in [5, 5.41) is 11.7. The smallest absolute Gasteiger partial charge is 0.338 e. The maximum absolute atomic E-state index is 11.9. The van der Waals surface area contributed by atoms with E-state index in [1.165, 1.54) is 0 Å². The molecule has 6 heteroatoms. The quantitative estimate of drug-likeness (QED) is 0.779. The third kappa shape index (κ3) is 5.29. The van der Waals surface area contributed by atoms with Crippen molar-refractivity contribution in [2.24, 2.45) is 5.92 Å². The Morgan fingerprint density at radius 1 is 1.30 bits per heavy atom. The van der Waals surface area contributed by atoms with E-state index in [0.717, 1.165) is 0 Å². The molecule has 1 aromatic carbocycles. The third-order valence-electron chi connectivity index (χ3n) is 3.52. The van der Waals surface area contributed by atoms with Crippen LogP contribution in [-0.4, -0.2) is 30.6 Å². The Hall–Kier alpha value is -2.55. The van der Waals surface area contributed by atoms with Crippen molar-refractivity contribution in [2.75, 3.05) is 13.2 Å². The molecule has 0 saturated carbocycles. The molecule has 0 spiro atoms. The van der Waals surface area contributed by atoms with Crippen LogP contribution < -0.4 is 10.1 Å². The van der Waals surface area contributed by atoms with Gasteiger partial charge in [0.15, 0.2) is 6.61 Å². The molecule has 0 aliphatic carbocycles. The molecule has 0 unspecified atom stereocenters. The van der Waals surface area contributed by atoms with Gasteiger partial charge >= 0.3 is 5.97 Å². The highest BCUT2D eigenvalue weighted by atomic mass is 16.5. The molecular formula is C17H22N2O4. The number of nitrogens with one attached hydrogen (secondary N) is 1. The van der Waals surface area contributed by atoms with Gasteiger partial charge in [0.05, 0.1) is 18.2 Å². The minimum Gasteiger partial charge on any atom is -0.494 e. The number of carbonyl (C=O) groups is 2. The van der Waals surface area contributed by atoms with E-state index in [2.05, 4.69) is 11.4 Å². The molecule has 0 saturated heterocycles. The molecule has 0 aromatic heterocycles. The molecule has 0 aliphatic heterocycles. The van der Waals surface area contributed by atoms with Crippen molar-refractivity contribution in [1.29, 1.82) is 5.26 Å². The lowest BCUT2D eigenvalue weighted by Gasteiger charge is -2.27. The molecule has 0 radical (unpaired) electrons. The van der Waals surface area contributed by atoms with E-state index in [9.17, 15) is 9.59 Å². The van der Waals surface area contributed by atoms with Crippen LogP contribution in [0.3, 0.4) is 0 Å². The first-order valence-corrected chi connectivity index (χ1v) is 7.44. The van der Waals surface area contributed by atoms with E-state index in [-0.39, 0.29) is 5.92 Å². The van der Waals surface area contributed by atoms with Gasteiger partial charge in [-0.15, -0.1) is 0 Å². The average molecular weight is 318 g/mol. The first-order valence-electron chi connectivity index (χ1n) is 7.44. The molecule has 0 fully saturated rings. The van der Waals surface area contributed by atoms with E-state index in [4.69, 9.17) is 14.7 Å². The molecule has 0 bridgehead atoms. The Kier molecular flexibility index (Phi) is 6.58. The zero-order valence-corrected chi connectivity index (χ0v) is 13.9. The summed E-state index contributed by atoms with van der Waals surface area (Å²) in [6, 6.07) is 8.51. The summed E-state index contributed by atoms with van der Waals surface area (Å²) in [5.41, 5.74) is -0.670. The SMILES string of the molecule is CCOc1ccc(C(=O)OCC(=O)N[C@@](C)(C#N)C(C)C)cc1. The lowest BCUT2D eigenvalue weighted by molar-refractivity contribution is -0.125. The predicted octanol–water partition coefficient (Wildman–Crippen LogP) is 2.30. The predicted molar refractivity (Wildman–Crippen MR) is 84.9 cm³/mol. The van der Waals surface area contributed by atoms with Gasteiger partial charge in [-0.25, -0.2) is 4.79 Å². The maximum atomic E-state index is 11.9. The molecule has 124 valence electrons. The van der Waals surface area contributed by atoms with Gasteiger partial charge < -0.3 is 14.8 Å². The van der Waals surface area contributed by atoms with Crippen molar-refractivity contribution in [3.05, 3.63) is 29.8 Å². The highest BCUT2D eigenvalue weighted by molar-refractivity contribution is 5.91. The Morgan fingerprint density at radius 3 is 2.39 bits per heavy atom. The standard InChI is InChI=1S/C17H22N2O4/c1-5-22-14-8-6-13(7-9-14)16(21)23-10-15(20)19-17(4,11-18)12(2)3/h6-9,12H,5,10H2,1-4H3,(H,19,20)/t17-/m0/s1. The molecule has 6 nitrogen and oxygen atoms in total. The minimum absolute atomic E-state index is 0.0711. The summed E-state index contributed by atoms with van der Waals surface area (Å²) in [4.78, 5) is 23.7. The van der Waals surface area contributed by atoms with Crippen molar-refractivity contribution in [3.8, 4) is 11.8 Å². The Morgan fingerprint density at radius 2 is 1.91 bits per heavy atom. The van der Waals surface area contributed by atoms with E-state index in [1.807, 2.05) is 20.8 Å². The lowest BCUT2D eigenvalue weighted by Crippen LogP contribution is -2.50. The monoisotopic (exact) mass is 318 g/mol. The van der Waals surface area contributed by atoms with E-state index in [0.29, 0.717) is 17.9 Å². The van der Waals surface area contributed by atoms with E-state index in [1.54, 1.807) is 31.2 Å². The zero-order chi connectivity index (χ0) is 17.5. The van der Waals surface area contributed by atoms with Crippen molar-refractivity contribution < 1.29 is 19.1 Å². The molecule has 0 aliphatic rings. The largest absolute Gasteiger partial charge is 0.494 e. The number of carbonyl (C=O) groups excluding carboxylic acids is 2. The Bertz CT molecular complexity index is 590. The first-order chi connectivity index (χ1) is 10.8. The van der Waals surface area contributed by atoms with Crippen molar-refractivity contribution in [2.45, 2.75) is 33.2 Å². The average Bonchev–Trinajstić information content (AvgIpc) is 2.53. The van der Waals surface area contributed by atoms with Gasteiger partial charge in [0.25, 0.3) is 5.91 Å². The fourth-order valence-corrected chi connectivity index (χ4v) is 1.70. The minimum atomic E-state index is -0.997. The summed E-state index contributed by atoms with van der Waals surface area (Å²) in [5.74, 6) is -0.532. The van der Waals surface area contributed by atoms with Gasteiger partial charge in [0, 0.05) is 0 Å². The molecule has 1 N–H and O–H groups in total. The van der Waals surface area contributed by atoms with Crippen LogP contribution in [0.25, 0.3) is 0 Å². The van der Waals surface area contributed by atoms with Crippen molar-refractivity contribution >= 4 is 11.9 Å². The van der Waals surface area contributed by atoms with Crippen LogP contribution in [0.15, 0.2) is 24.3 Å². The second kappa shape index (κ2) is 8.18. The molecule has 1 aromatic rings. The summed E-state index contributed by atoms with van der Waals surface area (Å²) in [7, 11) is 0. The Labute approximate surface area is 136 Å². The van der Waals surface area contributed by atoms with E-state index < -0.39 is 24.0 Å². The maximum Gasteiger partial charge on any atom is 0.338 e. The van der Waals surface area contributed by atoms with Crippen LogP contribution in [-0.2, 0) is 9.53 Å². The number of benzene rings is 1. The molecule has 23 heavy (non-hydrogen) atoms. The number of hydrogen-bond acceptors (Lipinski definition) is 5. The fraction of sp³-hybridized carbons (Fsp3) is 0.471. The van der Waals surface area contributed by atoms with Gasteiger partial charge in [-0.1, -0.05) is 13.8 Å². The fourth-order valence-electron chi connectivity index (χ4n) is 1.70. The molecule has 0 heterocycles. The highest BCUT2D eigenvalue weighted by Crippen LogP contribution is 2.15. The summed E-state index contributed by atoms with van der Waals surface area (Å²) >= 11 is 0. The Balaban J connectivity index is 2.56. The topological polar surface area (TPSA) is 88.4 Å². The summed E-state index contributed by atoms with van der Waals surface area (Å²) < 4.78 is 10.2. The third-order valence-corrected chi connectivity index (χ3v) is 3.52. The van der Waals surface area contributed by atoms with Gasteiger partial charge in [-0.2, -0.15) is 5.26 Å². The summed E-state index contributed by atoms with van der Waals surface area (Å²) in [6.45, 7) is 7.26. The molecule has 1 amide bonds. The van der Waals surface area contributed by atoms with Gasteiger partial charge in [0.1, 0.15) is 11.3 Å². The zero-order valence-electron chi connectivity index (χ0n) is 13.9. The van der Waals surface area contributed by atoms with E-state index >= 15 is 0 Å². The second-order valence-electron chi connectivity index (χ2n) is 5.55. The highest BCUT2D eigenvalue weighted by Gasteiger charge is 2.30. The van der Waals surface area contributed by atoms with Crippen LogP contribution in [0.2, 0.25) is 0 Å². The van der Waals surface area contributed by atoms with Crippen LogP contribution in [0.5, 0.6) is 5.75 Å². The molecule has 1 rings (SSSR count). The van der Waals surface area contributed by atoms with Crippen LogP contribution >= 0.6 is 0 Å². The van der Waals surface area contributed by atoms with Gasteiger partial charge in [0.2, 0.25) is 0 Å². The number of nitrogens with zero attached hydrogens (tertiary/aromatic N) is 1. The first kappa shape index (κ1) is 18.5. The molecule has 1 atom stereocenters. The molecular weight excluding hydrogens is 296 g/mol. The number of rotatable bonds is 7. The van der Waals surface area contributed by atoms with Crippen LogP contribution in [0.4, 0.5) is 0 Å².